The number of nitrogens with zero attached hydrogens (tertiary/aromatic N) is 3. The number of aliphatic imine (C=N–C) groups is 1. The summed E-state index contributed by atoms with van der Waals surface area (Å²) in [6, 6.07) is 5.82. The third-order valence-corrected chi connectivity index (χ3v) is 8.40. The first-order chi connectivity index (χ1) is 14.5. The van der Waals surface area contributed by atoms with E-state index in [9.17, 15) is 5.26 Å². The molecule has 5 nitrogen and oxygen atoms in total. The van der Waals surface area contributed by atoms with Crippen LogP contribution in [-0.2, 0) is 5.41 Å². The molecule has 31 heavy (non-hydrogen) atoms. The number of rotatable bonds is 6. The number of ether oxygens (including phenoxy) is 1. The number of halogens is 3. The number of aryl methyl sites for hydroxylation is 1. The minimum atomic E-state index is -0.945. The highest BCUT2D eigenvalue weighted by molar-refractivity contribution is 7.08. The Morgan fingerprint density at radius 1 is 1.42 bits per heavy atom. The molecule has 0 bridgehead atoms. The summed E-state index contributed by atoms with van der Waals surface area (Å²) in [6.07, 6.45) is 0.681. The van der Waals surface area contributed by atoms with Gasteiger partial charge in [0.25, 0.3) is 0 Å². The quantitative estimate of drug-likeness (QED) is 0.260. The van der Waals surface area contributed by atoms with Crippen molar-refractivity contribution in [3.8, 4) is 16.9 Å². The molecule has 1 fully saturated rings. The molecule has 1 aromatic heterocycles. The van der Waals surface area contributed by atoms with E-state index in [4.69, 9.17) is 39.5 Å². The first-order valence-corrected chi connectivity index (χ1v) is 12.0. The van der Waals surface area contributed by atoms with E-state index in [1.165, 1.54) is 0 Å². The summed E-state index contributed by atoms with van der Waals surface area (Å²) in [6.45, 7) is 10.00. The van der Waals surface area contributed by atoms with Crippen LogP contribution >= 0.6 is 46.3 Å². The predicted octanol–water partition coefficient (Wildman–Crippen LogP) is 7.15. The molecule has 2 aromatic rings. The van der Waals surface area contributed by atoms with Gasteiger partial charge in [-0.3, -0.25) is 0 Å². The lowest BCUT2D eigenvalue weighted by molar-refractivity contribution is 0.489. The summed E-state index contributed by atoms with van der Waals surface area (Å²) in [5, 5.41) is 13.8. The number of benzene rings is 1. The van der Waals surface area contributed by atoms with Gasteiger partial charge in [-0.05, 0) is 25.0 Å². The predicted molar refractivity (Wildman–Crippen MR) is 130 cm³/mol. The molecule has 1 aliphatic carbocycles. The smallest absolute Gasteiger partial charge is 0.218 e. The van der Waals surface area contributed by atoms with Crippen molar-refractivity contribution in [1.29, 1.82) is 5.26 Å². The van der Waals surface area contributed by atoms with E-state index in [1.54, 1.807) is 6.07 Å². The zero-order chi connectivity index (χ0) is 23.1. The largest absolute Gasteiger partial charge is 0.443 e. The molecule has 2 unspecified atom stereocenters. The fraction of sp³-hybridized carbons (Fsp3) is 0.500. The summed E-state index contributed by atoms with van der Waals surface area (Å²) in [7, 11) is 1.84. The Bertz CT molecular complexity index is 1070. The van der Waals surface area contributed by atoms with Crippen molar-refractivity contribution < 1.29 is 4.74 Å². The number of amidine groups is 1. The van der Waals surface area contributed by atoms with E-state index < -0.39 is 9.75 Å². The van der Waals surface area contributed by atoms with Crippen molar-refractivity contribution in [2.75, 3.05) is 7.05 Å². The van der Waals surface area contributed by atoms with Gasteiger partial charge in [0, 0.05) is 36.5 Å². The van der Waals surface area contributed by atoms with Crippen LogP contribution in [0.1, 0.15) is 50.9 Å². The summed E-state index contributed by atoms with van der Waals surface area (Å²) in [5.41, 5.74) is 1.92. The monoisotopic (exact) mass is 498 g/mol. The van der Waals surface area contributed by atoms with Crippen LogP contribution in [0.4, 0.5) is 5.69 Å². The first-order valence-electron chi connectivity index (χ1n) is 10.1. The maximum absolute atomic E-state index is 9.86. The number of nitrogens with one attached hydrogen (secondary N) is 1. The van der Waals surface area contributed by atoms with E-state index in [1.807, 2.05) is 33.9 Å². The maximum atomic E-state index is 9.86. The van der Waals surface area contributed by atoms with Crippen molar-refractivity contribution >= 4 is 57.9 Å². The molecule has 0 radical (unpaired) electrons. The normalized spacial score (nSPS) is 22.4. The van der Waals surface area contributed by atoms with Crippen LogP contribution in [0.15, 0.2) is 17.1 Å². The van der Waals surface area contributed by atoms with Crippen LogP contribution in [0.2, 0.25) is 5.02 Å². The molecule has 166 valence electrons. The molecule has 1 aromatic carbocycles. The Hall–Kier alpha value is -1.52. The number of hydrogen-bond acceptors (Lipinski definition) is 5. The molecule has 0 spiro atoms. The second-order valence-electron chi connectivity index (χ2n) is 8.05. The lowest BCUT2D eigenvalue weighted by Gasteiger charge is -2.14. The molecule has 2 atom stereocenters. The zero-order valence-electron chi connectivity index (χ0n) is 18.3. The Morgan fingerprint density at radius 2 is 2.06 bits per heavy atom. The van der Waals surface area contributed by atoms with Gasteiger partial charge in [-0.2, -0.15) is 9.64 Å². The van der Waals surface area contributed by atoms with Crippen molar-refractivity contribution in [2.45, 2.75) is 50.8 Å². The highest BCUT2D eigenvalue weighted by Crippen LogP contribution is 2.71. The molecular weight excluding hydrogens is 475 g/mol. The van der Waals surface area contributed by atoms with Gasteiger partial charge in [-0.15, -0.1) is 23.2 Å². The summed E-state index contributed by atoms with van der Waals surface area (Å²) < 4.78 is 9.69. The highest BCUT2D eigenvalue weighted by Gasteiger charge is 2.75. The molecular formula is C22H25Cl3N4OS. The van der Waals surface area contributed by atoms with E-state index in [0.717, 1.165) is 22.9 Å². The molecule has 0 saturated heterocycles. The SMILES string of the molecule is CCC1(c2nsc(Oc3cc(Cl)c(N=C(NC)C(C)C)cc3C)c2C#N)C(C)C1(Cl)Cl. The average molecular weight is 500 g/mol. The summed E-state index contributed by atoms with van der Waals surface area (Å²) in [5.74, 6) is 1.61. The van der Waals surface area contributed by atoms with Gasteiger partial charge in [-0.25, -0.2) is 4.99 Å². The summed E-state index contributed by atoms with van der Waals surface area (Å²) >= 11 is 20.7. The van der Waals surface area contributed by atoms with Gasteiger partial charge in [-0.1, -0.05) is 39.3 Å². The Balaban J connectivity index is 1.97. The van der Waals surface area contributed by atoms with Crippen LogP contribution in [0.5, 0.6) is 10.8 Å². The maximum Gasteiger partial charge on any atom is 0.218 e. The van der Waals surface area contributed by atoms with Gasteiger partial charge < -0.3 is 10.1 Å². The van der Waals surface area contributed by atoms with Gasteiger partial charge in [0.15, 0.2) is 0 Å². The van der Waals surface area contributed by atoms with Crippen molar-refractivity contribution in [2.24, 2.45) is 16.8 Å². The lowest BCUT2D eigenvalue weighted by Crippen LogP contribution is -2.23. The molecule has 1 saturated carbocycles. The summed E-state index contributed by atoms with van der Waals surface area (Å²) in [4.78, 5) is 4.63. The number of aromatic nitrogens is 1. The fourth-order valence-corrected chi connectivity index (χ4v) is 6.03. The third kappa shape index (κ3) is 3.91. The van der Waals surface area contributed by atoms with Crippen molar-refractivity contribution in [1.82, 2.24) is 9.69 Å². The van der Waals surface area contributed by atoms with Crippen LogP contribution < -0.4 is 10.1 Å². The third-order valence-electron chi connectivity index (χ3n) is 6.04. The fourth-order valence-electron chi connectivity index (χ4n) is 4.01. The molecule has 1 N–H and O–H groups in total. The Kier molecular flexibility index (Phi) is 6.84. The van der Waals surface area contributed by atoms with Crippen molar-refractivity contribution in [3.63, 3.8) is 0 Å². The standard InChI is InChI=1S/C22H25Cl3N4OS/c1-7-21(13(5)22(21,24)25)18-14(10-26)20(31-29-18)30-17-9-15(23)16(8-12(17)4)28-19(27-6)11(2)3/h8-9,11,13H,7H2,1-6H3,(H,27,28). The molecule has 3 rings (SSSR count). The van der Waals surface area contributed by atoms with E-state index in [0.29, 0.717) is 39.2 Å². The minimum absolute atomic E-state index is 0.00830. The zero-order valence-corrected chi connectivity index (χ0v) is 21.4. The van der Waals surface area contributed by atoms with Gasteiger partial charge in [0.2, 0.25) is 5.06 Å². The highest BCUT2D eigenvalue weighted by atomic mass is 35.5. The molecule has 9 heteroatoms. The number of hydrogen-bond donors (Lipinski definition) is 1. The van der Waals surface area contributed by atoms with Gasteiger partial charge in [0.05, 0.1) is 21.8 Å². The first kappa shape index (κ1) is 24.1. The Morgan fingerprint density at radius 3 is 2.55 bits per heavy atom. The van der Waals surface area contributed by atoms with Gasteiger partial charge >= 0.3 is 0 Å². The molecule has 0 amide bonds. The molecule has 0 aliphatic heterocycles. The van der Waals surface area contributed by atoms with Crippen LogP contribution in [0.25, 0.3) is 0 Å². The lowest BCUT2D eigenvalue weighted by atomic mass is 9.93. The van der Waals surface area contributed by atoms with E-state index in [2.05, 4.69) is 34.6 Å². The minimum Gasteiger partial charge on any atom is -0.443 e. The molecule has 1 aliphatic rings. The van der Waals surface area contributed by atoms with Gasteiger partial charge in [0.1, 0.15) is 27.6 Å². The number of nitriles is 1. The second kappa shape index (κ2) is 8.78. The number of alkyl halides is 2. The topological polar surface area (TPSA) is 70.3 Å². The van der Waals surface area contributed by atoms with E-state index in [-0.39, 0.29) is 11.8 Å². The van der Waals surface area contributed by atoms with Crippen LogP contribution in [0, 0.1) is 30.1 Å². The Labute approximate surface area is 202 Å². The van der Waals surface area contributed by atoms with Crippen molar-refractivity contribution in [3.05, 3.63) is 34.0 Å². The van der Waals surface area contributed by atoms with E-state index >= 15 is 0 Å². The molecule has 1 heterocycles. The van der Waals surface area contributed by atoms with Crippen LogP contribution in [0.3, 0.4) is 0 Å². The van der Waals surface area contributed by atoms with Crippen LogP contribution in [-0.4, -0.2) is 21.6 Å². The average Bonchev–Trinajstić information content (AvgIpc) is 2.99. The second-order valence-corrected chi connectivity index (χ2v) is 10.6.